The molecule has 2 N–H and O–H groups in total. The number of Topliss-reactive ketones (excluding diaryl/α,β-unsaturated/α-hetero) is 1. The van der Waals surface area contributed by atoms with Crippen LogP contribution < -0.4 is 5.73 Å². The normalized spacial score (nSPS) is 19.5. The predicted octanol–water partition coefficient (Wildman–Crippen LogP) is 7.66. The monoisotopic (exact) mass is 530 g/mol. The van der Waals surface area contributed by atoms with Gasteiger partial charge in [0.2, 0.25) is 0 Å². The molecule has 1 aromatic rings. The van der Waals surface area contributed by atoms with E-state index in [4.69, 9.17) is 11.3 Å². The van der Waals surface area contributed by atoms with Crippen molar-refractivity contribution in [1.82, 2.24) is 0 Å². The highest BCUT2D eigenvalue weighted by Gasteiger charge is 2.49. The summed E-state index contributed by atoms with van der Waals surface area (Å²) in [7, 11) is -5.28. The Bertz CT molecular complexity index is 1020. The third-order valence-corrected chi connectivity index (χ3v) is 8.78. The number of unbranched alkanes of at least 4 members (excludes halogenated alkanes) is 3. The first-order valence-corrected chi connectivity index (χ1v) is 14.2. The zero-order chi connectivity index (χ0) is 26.8. The zero-order valence-corrected chi connectivity index (χ0v) is 21.7. The largest absolute Gasteiger partial charge is 0.498 e. The molecule has 0 heterocycles. The summed E-state index contributed by atoms with van der Waals surface area (Å²) in [6.07, 6.45) is 10.7. The molecule has 1 atom stereocenters. The fourth-order valence-electron chi connectivity index (χ4n) is 5.00. The molecule has 1 aliphatic rings. The highest BCUT2D eigenvalue weighted by molar-refractivity contribution is 7.92. The number of alkyl halides is 3. The topological polar surface area (TPSA) is 126 Å². The second kappa shape index (κ2) is 14.0. The van der Waals surface area contributed by atoms with Crippen LogP contribution in [0.5, 0.6) is 0 Å². The number of hydrogen-bond donors (Lipinski definition) is 1. The Morgan fingerprint density at radius 3 is 2.22 bits per heavy atom. The minimum absolute atomic E-state index is 0.0683. The highest BCUT2D eigenvalue weighted by Crippen LogP contribution is 2.35. The van der Waals surface area contributed by atoms with Crippen molar-refractivity contribution in [1.29, 1.82) is 0 Å². The van der Waals surface area contributed by atoms with Crippen LogP contribution in [-0.4, -0.2) is 25.1 Å². The van der Waals surface area contributed by atoms with Gasteiger partial charge in [-0.05, 0) is 60.9 Å². The van der Waals surface area contributed by atoms with E-state index in [9.17, 15) is 26.4 Å². The summed E-state index contributed by atoms with van der Waals surface area (Å²) in [6, 6.07) is 5.21. The Kier molecular flexibility index (Phi) is 11.7. The van der Waals surface area contributed by atoms with E-state index in [1.54, 1.807) is 12.1 Å². The van der Waals surface area contributed by atoms with Gasteiger partial charge in [-0.2, -0.15) is 13.2 Å². The lowest BCUT2D eigenvalue weighted by Gasteiger charge is -2.28. The van der Waals surface area contributed by atoms with Gasteiger partial charge in [0, 0.05) is 22.6 Å². The summed E-state index contributed by atoms with van der Waals surface area (Å²) >= 11 is 0. The summed E-state index contributed by atoms with van der Waals surface area (Å²) < 4.78 is 59.9. The number of ketones is 1. The number of rotatable bonds is 14. The van der Waals surface area contributed by atoms with Gasteiger partial charge in [0.1, 0.15) is 5.37 Å². The van der Waals surface area contributed by atoms with Crippen LogP contribution in [0.2, 0.25) is 0 Å². The summed E-state index contributed by atoms with van der Waals surface area (Å²) in [4.78, 5) is 15.3. The Morgan fingerprint density at radius 1 is 1.06 bits per heavy atom. The van der Waals surface area contributed by atoms with Crippen molar-refractivity contribution in [2.24, 2.45) is 22.7 Å². The number of benzene rings is 1. The van der Waals surface area contributed by atoms with Crippen molar-refractivity contribution in [3.05, 3.63) is 39.8 Å². The minimum Gasteiger partial charge on any atom is -0.315 e. The molecule has 1 saturated carbocycles. The molecule has 1 unspecified atom stereocenters. The molecule has 0 saturated heterocycles. The number of nitrogens with two attached hydrogens (primary N) is 1. The molecule has 202 valence electrons. The lowest BCUT2D eigenvalue weighted by Crippen LogP contribution is -2.40. The summed E-state index contributed by atoms with van der Waals surface area (Å²) in [5.74, 6) is 1.35. The first-order chi connectivity index (χ1) is 16.9. The van der Waals surface area contributed by atoms with Crippen molar-refractivity contribution >= 4 is 21.3 Å². The molecule has 1 aromatic carbocycles. The van der Waals surface area contributed by atoms with Crippen molar-refractivity contribution in [2.75, 3.05) is 0 Å². The van der Waals surface area contributed by atoms with Gasteiger partial charge < -0.3 is 5.73 Å². The fraction of sp³-hybridized carbons (Fsp3) is 0.720. The second-order valence-corrected chi connectivity index (χ2v) is 12.1. The summed E-state index contributed by atoms with van der Waals surface area (Å²) in [5.41, 5.74) is 10.5. The van der Waals surface area contributed by atoms with Crippen LogP contribution in [0.15, 0.2) is 23.3 Å². The van der Waals surface area contributed by atoms with Crippen molar-refractivity contribution in [2.45, 2.75) is 101 Å². The molecule has 36 heavy (non-hydrogen) atoms. The third-order valence-electron chi connectivity index (χ3n) is 7.10. The Morgan fingerprint density at radius 2 is 1.64 bits per heavy atom. The first kappa shape index (κ1) is 30.1. The summed E-state index contributed by atoms with van der Waals surface area (Å²) in [5, 5.41) is 1.72. The number of azide groups is 1. The van der Waals surface area contributed by atoms with E-state index in [-0.39, 0.29) is 12.2 Å². The maximum absolute atomic E-state index is 12.5. The van der Waals surface area contributed by atoms with E-state index in [1.165, 1.54) is 0 Å². The molecule has 0 spiro atoms. The molecule has 0 aliphatic heterocycles. The number of aryl methyl sites for hydroxylation is 1. The smallest absolute Gasteiger partial charge is 0.315 e. The first-order valence-electron chi connectivity index (χ1n) is 12.7. The molecule has 2 rings (SSSR count). The number of halogens is 3. The fourth-order valence-corrected chi connectivity index (χ4v) is 5.82. The van der Waals surface area contributed by atoms with Gasteiger partial charge in [-0.15, -0.1) is 0 Å². The molecular formula is C25H37F3N4O3S. The van der Waals surface area contributed by atoms with Crippen LogP contribution in [0, 0.1) is 18.8 Å². The number of sulfone groups is 1. The molecule has 0 bridgehead atoms. The minimum atomic E-state index is -5.29. The number of carbonyl (C=O) groups is 1. The lowest BCUT2D eigenvalue weighted by atomic mass is 9.78. The van der Waals surface area contributed by atoms with E-state index in [0.29, 0.717) is 42.3 Å². The van der Waals surface area contributed by atoms with Crippen LogP contribution in [0.3, 0.4) is 0 Å². The molecule has 7 nitrogen and oxygen atoms in total. The van der Waals surface area contributed by atoms with Crippen molar-refractivity contribution in [3.8, 4) is 0 Å². The van der Waals surface area contributed by atoms with Gasteiger partial charge in [0.05, 0.1) is 0 Å². The average Bonchev–Trinajstić information content (AvgIpc) is 2.81. The molecule has 0 amide bonds. The van der Waals surface area contributed by atoms with Gasteiger partial charge in [-0.25, -0.2) is 8.42 Å². The number of carbonyl (C=O) groups excluding carboxylic acids is 1. The van der Waals surface area contributed by atoms with Crippen LogP contribution >= 0.6 is 0 Å². The molecule has 1 aliphatic carbocycles. The second-order valence-electron chi connectivity index (χ2n) is 9.97. The quantitative estimate of drug-likeness (QED) is 0.0871. The molecule has 11 heteroatoms. The van der Waals surface area contributed by atoms with E-state index in [0.717, 1.165) is 63.4 Å². The standard InChI is InChI=1S/C25H37F3N4O3S/c1-18-15-21(17-22(16-18)31-32-30)23(33)9-6-8-20-13-11-19(12-14-20)7-4-2-3-5-10-24(29)36(34,35)25(26,27)28/h15-17,19-20,24H,2-14,29H2,1H3. The Labute approximate surface area is 211 Å². The number of nitrogens with zero attached hydrogens (tertiary/aromatic N) is 3. The van der Waals surface area contributed by atoms with E-state index in [2.05, 4.69) is 10.0 Å². The van der Waals surface area contributed by atoms with Gasteiger partial charge in [-0.1, -0.05) is 69.3 Å². The zero-order valence-electron chi connectivity index (χ0n) is 20.8. The van der Waals surface area contributed by atoms with E-state index < -0.39 is 20.7 Å². The van der Waals surface area contributed by atoms with Crippen molar-refractivity contribution < 1.29 is 26.4 Å². The molecule has 0 radical (unpaired) electrons. The Balaban J connectivity index is 1.58. The van der Waals surface area contributed by atoms with Gasteiger partial charge in [0.15, 0.2) is 5.78 Å². The third kappa shape index (κ3) is 9.41. The summed E-state index contributed by atoms with van der Waals surface area (Å²) in [6.45, 7) is 1.87. The molecular weight excluding hydrogens is 493 g/mol. The van der Waals surface area contributed by atoms with Gasteiger partial charge in [-0.3, -0.25) is 4.79 Å². The van der Waals surface area contributed by atoms with Gasteiger partial charge >= 0.3 is 5.51 Å². The average molecular weight is 531 g/mol. The maximum atomic E-state index is 12.5. The number of hydrogen-bond acceptors (Lipinski definition) is 5. The lowest BCUT2D eigenvalue weighted by molar-refractivity contribution is -0.0445. The molecule has 0 aromatic heterocycles. The SMILES string of the molecule is Cc1cc(N=[N+]=[N-])cc(C(=O)CCCC2CCC(CCCCCCC(N)S(=O)(=O)C(F)(F)F)CC2)c1. The van der Waals surface area contributed by atoms with Crippen LogP contribution in [0.1, 0.15) is 99.4 Å². The van der Waals surface area contributed by atoms with Crippen LogP contribution in [-0.2, 0) is 9.84 Å². The predicted molar refractivity (Wildman–Crippen MR) is 134 cm³/mol. The highest BCUT2D eigenvalue weighted by atomic mass is 32.2. The molecule has 1 fully saturated rings. The van der Waals surface area contributed by atoms with Crippen molar-refractivity contribution in [3.63, 3.8) is 0 Å². The van der Waals surface area contributed by atoms with Crippen LogP contribution in [0.4, 0.5) is 18.9 Å². The maximum Gasteiger partial charge on any atom is 0.498 e. The van der Waals surface area contributed by atoms with Crippen LogP contribution in [0.25, 0.3) is 10.4 Å². The van der Waals surface area contributed by atoms with E-state index in [1.807, 2.05) is 13.0 Å². The Hall–Kier alpha value is -2.10. The van der Waals surface area contributed by atoms with E-state index >= 15 is 0 Å². The van der Waals surface area contributed by atoms with Gasteiger partial charge in [0.25, 0.3) is 9.84 Å².